The van der Waals surface area contributed by atoms with Crippen molar-refractivity contribution in [2.45, 2.75) is 6.54 Å². The van der Waals surface area contributed by atoms with Crippen molar-refractivity contribution in [1.82, 2.24) is 19.4 Å². The van der Waals surface area contributed by atoms with E-state index in [0.717, 1.165) is 0 Å². The predicted octanol–water partition coefficient (Wildman–Crippen LogP) is 3.19. The van der Waals surface area contributed by atoms with Gasteiger partial charge >= 0.3 is 5.69 Å². The number of fused-ring (bicyclic) bond motifs is 1. The molecule has 8 nitrogen and oxygen atoms in total. The van der Waals surface area contributed by atoms with E-state index in [1.165, 1.54) is 40.2 Å². The zero-order valence-corrected chi connectivity index (χ0v) is 20.4. The fourth-order valence-electron chi connectivity index (χ4n) is 4.31. The molecule has 0 unspecified atom stereocenters. The van der Waals surface area contributed by atoms with Gasteiger partial charge in [-0.2, -0.15) is 0 Å². The Hall–Kier alpha value is -3.76. The minimum absolute atomic E-state index is 0.0557. The fraction of sp³-hybridized carbons (Fsp3) is 0.200. The van der Waals surface area contributed by atoms with E-state index in [9.17, 15) is 23.6 Å². The van der Waals surface area contributed by atoms with Gasteiger partial charge in [-0.3, -0.25) is 23.9 Å². The van der Waals surface area contributed by atoms with Gasteiger partial charge in [-0.1, -0.05) is 23.7 Å². The molecule has 5 rings (SSSR count). The normalized spacial score (nSPS) is 13.8. The number of nitrogens with zero attached hydrogens (tertiary/aromatic N) is 3. The number of H-pyrrole nitrogens is 1. The van der Waals surface area contributed by atoms with Gasteiger partial charge in [0.2, 0.25) is 0 Å². The molecular weight excluding hydrogens is 507 g/mol. The molecule has 184 valence electrons. The van der Waals surface area contributed by atoms with Crippen LogP contribution in [0.25, 0.3) is 10.9 Å². The Morgan fingerprint density at radius 3 is 2.39 bits per heavy atom. The number of carbonyl (C=O) groups is 2. The smallest absolute Gasteiger partial charge is 0.329 e. The van der Waals surface area contributed by atoms with E-state index in [4.69, 9.17) is 11.6 Å². The van der Waals surface area contributed by atoms with Gasteiger partial charge in [0.05, 0.1) is 27.3 Å². The molecule has 1 aliphatic rings. The Morgan fingerprint density at radius 2 is 1.69 bits per heavy atom. The van der Waals surface area contributed by atoms with Crippen LogP contribution in [0.3, 0.4) is 0 Å². The molecule has 1 N–H and O–H groups in total. The summed E-state index contributed by atoms with van der Waals surface area (Å²) < 4.78 is 16.0. The van der Waals surface area contributed by atoms with E-state index >= 15 is 0 Å². The van der Waals surface area contributed by atoms with Crippen molar-refractivity contribution in [2.24, 2.45) is 0 Å². The number of hydrogen-bond acceptors (Lipinski definition) is 5. The second-order valence-corrected chi connectivity index (χ2v) is 9.70. The third-order valence-electron chi connectivity index (χ3n) is 6.18. The molecule has 1 aliphatic heterocycles. The van der Waals surface area contributed by atoms with Crippen LogP contribution < -0.4 is 11.2 Å². The number of nitrogens with one attached hydrogen (secondary N) is 1. The molecule has 0 saturated carbocycles. The number of carbonyl (C=O) groups excluding carboxylic acids is 2. The topological polar surface area (TPSA) is 95.5 Å². The highest BCUT2D eigenvalue weighted by atomic mass is 35.5. The first-order chi connectivity index (χ1) is 17.3. The van der Waals surface area contributed by atoms with Crippen molar-refractivity contribution >= 4 is 45.7 Å². The Kier molecular flexibility index (Phi) is 6.46. The van der Waals surface area contributed by atoms with Crippen molar-refractivity contribution in [3.63, 3.8) is 0 Å². The van der Waals surface area contributed by atoms with Crippen LogP contribution in [0.15, 0.2) is 63.5 Å². The van der Waals surface area contributed by atoms with Crippen LogP contribution in [-0.4, -0.2) is 57.3 Å². The summed E-state index contributed by atoms with van der Waals surface area (Å²) in [6.07, 6.45) is 0. The summed E-state index contributed by atoms with van der Waals surface area (Å²) in [4.78, 5) is 56.7. The molecule has 0 spiro atoms. The molecule has 11 heteroatoms. The average Bonchev–Trinajstić information content (AvgIpc) is 3.42. The molecule has 0 radical (unpaired) electrons. The number of halogens is 2. The lowest BCUT2D eigenvalue weighted by atomic mass is 10.1. The van der Waals surface area contributed by atoms with Gasteiger partial charge in [0.1, 0.15) is 5.82 Å². The van der Waals surface area contributed by atoms with E-state index in [0.29, 0.717) is 31.1 Å². The quantitative estimate of drug-likeness (QED) is 0.442. The summed E-state index contributed by atoms with van der Waals surface area (Å²) in [6.45, 7) is 1.30. The fourth-order valence-corrected chi connectivity index (χ4v) is 5.25. The average molecular weight is 527 g/mol. The number of aromatic nitrogens is 2. The van der Waals surface area contributed by atoms with Crippen molar-refractivity contribution in [3.05, 3.63) is 102 Å². The highest BCUT2D eigenvalue weighted by Crippen LogP contribution is 2.21. The molecule has 0 aliphatic carbocycles. The predicted molar refractivity (Wildman–Crippen MR) is 135 cm³/mol. The molecule has 1 saturated heterocycles. The SMILES string of the molecule is O=C(c1ccc(F)c(Cn2c(=O)[nH]c(=O)c3c(Cl)cccc32)c1)N1CCN(C(=O)c2cccs2)CC1. The van der Waals surface area contributed by atoms with Crippen LogP contribution in [0, 0.1) is 5.82 Å². The lowest BCUT2D eigenvalue weighted by Gasteiger charge is -2.34. The minimum Gasteiger partial charge on any atom is -0.335 e. The van der Waals surface area contributed by atoms with Gasteiger partial charge < -0.3 is 9.80 Å². The number of thiophene rings is 1. The van der Waals surface area contributed by atoms with Gasteiger partial charge in [0, 0.05) is 37.3 Å². The molecule has 2 amide bonds. The maximum absolute atomic E-state index is 14.7. The van der Waals surface area contributed by atoms with E-state index in [1.807, 2.05) is 11.4 Å². The Bertz CT molecular complexity index is 1590. The molecule has 1 fully saturated rings. The third-order valence-corrected chi connectivity index (χ3v) is 7.36. The van der Waals surface area contributed by atoms with Crippen LogP contribution >= 0.6 is 22.9 Å². The highest BCUT2D eigenvalue weighted by Gasteiger charge is 2.26. The van der Waals surface area contributed by atoms with Gasteiger partial charge in [-0.15, -0.1) is 11.3 Å². The maximum atomic E-state index is 14.7. The van der Waals surface area contributed by atoms with Crippen LogP contribution in [-0.2, 0) is 6.54 Å². The van der Waals surface area contributed by atoms with Crippen molar-refractivity contribution in [1.29, 1.82) is 0 Å². The maximum Gasteiger partial charge on any atom is 0.329 e. The number of benzene rings is 2. The number of amides is 2. The van der Waals surface area contributed by atoms with Crippen LogP contribution in [0.2, 0.25) is 5.02 Å². The van der Waals surface area contributed by atoms with Gasteiger partial charge in [0.15, 0.2) is 0 Å². The molecule has 4 aromatic rings. The van der Waals surface area contributed by atoms with Crippen LogP contribution in [0.4, 0.5) is 4.39 Å². The molecule has 36 heavy (non-hydrogen) atoms. The highest BCUT2D eigenvalue weighted by molar-refractivity contribution is 7.12. The van der Waals surface area contributed by atoms with Gasteiger partial charge in [-0.25, -0.2) is 9.18 Å². The Balaban J connectivity index is 1.37. The lowest BCUT2D eigenvalue weighted by Crippen LogP contribution is -2.50. The van der Waals surface area contributed by atoms with Crippen molar-refractivity contribution in [3.8, 4) is 0 Å². The molecule has 2 aromatic heterocycles. The minimum atomic E-state index is -0.711. The molecule has 0 atom stereocenters. The second kappa shape index (κ2) is 9.71. The lowest BCUT2D eigenvalue weighted by molar-refractivity contribution is 0.0538. The number of hydrogen-bond donors (Lipinski definition) is 1. The Morgan fingerprint density at radius 1 is 0.972 bits per heavy atom. The van der Waals surface area contributed by atoms with Crippen molar-refractivity contribution in [2.75, 3.05) is 26.2 Å². The van der Waals surface area contributed by atoms with Crippen LogP contribution in [0.1, 0.15) is 25.6 Å². The number of piperazine rings is 1. The number of rotatable bonds is 4. The van der Waals surface area contributed by atoms with E-state index in [1.54, 1.807) is 28.0 Å². The zero-order valence-electron chi connectivity index (χ0n) is 18.9. The first kappa shape index (κ1) is 24.0. The van der Waals surface area contributed by atoms with Crippen molar-refractivity contribution < 1.29 is 14.0 Å². The third kappa shape index (κ3) is 4.45. The van der Waals surface area contributed by atoms with Crippen LogP contribution in [0.5, 0.6) is 0 Å². The summed E-state index contributed by atoms with van der Waals surface area (Å²) >= 11 is 7.53. The molecule has 2 aromatic carbocycles. The standard InChI is InChI=1S/C25H20ClFN4O4S/c26-17-3-1-4-19-21(17)22(32)28-25(35)31(19)14-16-13-15(6-7-18(16)27)23(33)29-8-10-30(11-9-29)24(34)20-5-2-12-36-20/h1-7,12-13H,8-11,14H2,(H,28,32,35). The zero-order chi connectivity index (χ0) is 25.4. The Labute approximate surface area is 213 Å². The summed E-state index contributed by atoms with van der Waals surface area (Å²) in [5.74, 6) is -0.938. The monoisotopic (exact) mass is 526 g/mol. The first-order valence-corrected chi connectivity index (χ1v) is 12.4. The summed E-state index contributed by atoms with van der Waals surface area (Å²) in [5, 5.41) is 2.14. The summed E-state index contributed by atoms with van der Waals surface area (Å²) in [5.41, 5.74) is -0.693. The number of aromatic amines is 1. The second-order valence-electron chi connectivity index (χ2n) is 8.35. The summed E-state index contributed by atoms with van der Waals surface area (Å²) in [7, 11) is 0. The van der Waals surface area contributed by atoms with E-state index in [-0.39, 0.29) is 45.4 Å². The van der Waals surface area contributed by atoms with Gasteiger partial charge in [-0.05, 0) is 41.8 Å². The van der Waals surface area contributed by atoms with E-state index in [2.05, 4.69) is 4.98 Å². The van der Waals surface area contributed by atoms with Gasteiger partial charge in [0.25, 0.3) is 17.4 Å². The molecular formula is C25H20ClFN4O4S. The molecule has 0 bridgehead atoms. The first-order valence-electron chi connectivity index (χ1n) is 11.2. The molecule has 3 heterocycles. The summed E-state index contributed by atoms with van der Waals surface area (Å²) in [6, 6.07) is 12.3. The van der Waals surface area contributed by atoms with E-state index < -0.39 is 17.1 Å². The largest absolute Gasteiger partial charge is 0.335 e.